The number of carbonyl (C=O) groups is 1. The summed E-state index contributed by atoms with van der Waals surface area (Å²) in [5.41, 5.74) is 1.59. The van der Waals surface area contributed by atoms with Gasteiger partial charge in [-0.05, 0) is 36.7 Å². The van der Waals surface area contributed by atoms with Crippen molar-refractivity contribution < 1.29 is 13.2 Å². The van der Waals surface area contributed by atoms with E-state index in [1.165, 1.54) is 4.31 Å². The highest BCUT2D eigenvalue weighted by Gasteiger charge is 2.29. The molecule has 2 aliphatic rings. The first kappa shape index (κ1) is 14.5. The van der Waals surface area contributed by atoms with E-state index < -0.39 is 10.0 Å². The highest BCUT2D eigenvalue weighted by atomic mass is 32.2. The van der Waals surface area contributed by atoms with Crippen LogP contribution in [0.25, 0.3) is 0 Å². The molecule has 2 heterocycles. The second-order valence-corrected chi connectivity index (χ2v) is 7.37. The molecule has 0 aromatic heterocycles. The van der Waals surface area contributed by atoms with Crippen molar-refractivity contribution in [2.45, 2.75) is 17.7 Å². The fraction of sp³-hybridized carbons (Fsp3) is 0.500. The molecule has 0 spiro atoms. The summed E-state index contributed by atoms with van der Waals surface area (Å²) in [5.74, 6) is -0.00137. The molecule has 0 aliphatic carbocycles. The molecule has 1 saturated heterocycles. The van der Waals surface area contributed by atoms with Crippen LogP contribution in [0.5, 0.6) is 0 Å². The standard InChI is InChI=1S/C14H19N3O3S/c1-16-13-4-3-12(9-11(13)10-14(16)18)21(19,20)17-7-2-5-15-6-8-17/h3-4,9,15H,2,5-8,10H2,1H3. The minimum Gasteiger partial charge on any atom is -0.315 e. The van der Waals surface area contributed by atoms with E-state index in [0.29, 0.717) is 19.6 Å². The van der Waals surface area contributed by atoms with E-state index in [2.05, 4.69) is 5.32 Å². The van der Waals surface area contributed by atoms with E-state index in [0.717, 1.165) is 24.2 Å². The van der Waals surface area contributed by atoms with E-state index in [4.69, 9.17) is 0 Å². The van der Waals surface area contributed by atoms with Crippen LogP contribution in [0.2, 0.25) is 0 Å². The summed E-state index contributed by atoms with van der Waals surface area (Å²) < 4.78 is 26.9. The van der Waals surface area contributed by atoms with Gasteiger partial charge in [-0.25, -0.2) is 8.42 Å². The summed E-state index contributed by atoms with van der Waals surface area (Å²) >= 11 is 0. The lowest BCUT2D eigenvalue weighted by Gasteiger charge is -2.20. The van der Waals surface area contributed by atoms with Crippen LogP contribution >= 0.6 is 0 Å². The Labute approximate surface area is 124 Å². The summed E-state index contributed by atoms with van der Waals surface area (Å²) in [6, 6.07) is 4.97. The molecule has 2 aliphatic heterocycles. The number of hydrogen-bond donors (Lipinski definition) is 1. The molecule has 0 radical (unpaired) electrons. The monoisotopic (exact) mass is 309 g/mol. The number of nitrogens with zero attached hydrogens (tertiary/aromatic N) is 2. The van der Waals surface area contributed by atoms with Crippen molar-refractivity contribution in [3.63, 3.8) is 0 Å². The zero-order chi connectivity index (χ0) is 15.0. The lowest BCUT2D eigenvalue weighted by molar-refractivity contribution is -0.117. The van der Waals surface area contributed by atoms with Crippen LogP contribution in [0.3, 0.4) is 0 Å². The molecule has 3 rings (SSSR count). The third-order valence-corrected chi connectivity index (χ3v) is 5.96. The highest BCUT2D eigenvalue weighted by molar-refractivity contribution is 7.89. The molecule has 7 heteroatoms. The SMILES string of the molecule is CN1C(=O)Cc2cc(S(=O)(=O)N3CCCNCC3)ccc21. The van der Waals surface area contributed by atoms with Gasteiger partial charge in [0.1, 0.15) is 0 Å². The van der Waals surface area contributed by atoms with Crippen molar-refractivity contribution in [2.24, 2.45) is 0 Å². The molecule has 0 atom stereocenters. The van der Waals surface area contributed by atoms with Gasteiger partial charge in [0.2, 0.25) is 15.9 Å². The Morgan fingerprint density at radius 3 is 2.81 bits per heavy atom. The van der Waals surface area contributed by atoms with Crippen LogP contribution < -0.4 is 10.2 Å². The van der Waals surface area contributed by atoms with Gasteiger partial charge in [0.05, 0.1) is 11.3 Å². The van der Waals surface area contributed by atoms with Gasteiger partial charge in [0, 0.05) is 32.4 Å². The predicted molar refractivity (Wildman–Crippen MR) is 79.8 cm³/mol. The van der Waals surface area contributed by atoms with E-state index >= 15 is 0 Å². The van der Waals surface area contributed by atoms with Crippen molar-refractivity contribution >= 4 is 21.6 Å². The van der Waals surface area contributed by atoms with Crippen molar-refractivity contribution in [3.05, 3.63) is 23.8 Å². The normalized spacial score (nSPS) is 20.4. The third-order valence-electron chi connectivity index (χ3n) is 4.06. The summed E-state index contributed by atoms with van der Waals surface area (Å²) in [6.07, 6.45) is 1.09. The van der Waals surface area contributed by atoms with Gasteiger partial charge in [0.15, 0.2) is 0 Å². The maximum Gasteiger partial charge on any atom is 0.243 e. The lowest BCUT2D eigenvalue weighted by Crippen LogP contribution is -2.34. The van der Waals surface area contributed by atoms with Gasteiger partial charge in [-0.2, -0.15) is 4.31 Å². The Bertz CT molecular complexity index is 664. The molecule has 1 aromatic carbocycles. The molecule has 21 heavy (non-hydrogen) atoms. The topological polar surface area (TPSA) is 69.7 Å². The van der Waals surface area contributed by atoms with Crippen LogP contribution in [0.1, 0.15) is 12.0 Å². The van der Waals surface area contributed by atoms with Crippen molar-refractivity contribution in [1.82, 2.24) is 9.62 Å². The first-order valence-corrected chi connectivity index (χ1v) is 8.54. The predicted octanol–water partition coefficient (Wildman–Crippen LogP) is 0.190. The van der Waals surface area contributed by atoms with Crippen LogP contribution in [-0.2, 0) is 21.2 Å². The Balaban J connectivity index is 1.93. The first-order chi connectivity index (χ1) is 10.00. The second-order valence-electron chi connectivity index (χ2n) is 5.43. The second kappa shape index (κ2) is 5.40. The third kappa shape index (κ3) is 2.56. The van der Waals surface area contributed by atoms with Crippen molar-refractivity contribution in [1.29, 1.82) is 0 Å². The number of rotatable bonds is 2. The minimum atomic E-state index is -3.48. The largest absolute Gasteiger partial charge is 0.315 e. The maximum atomic E-state index is 12.7. The van der Waals surface area contributed by atoms with Crippen LogP contribution in [0.4, 0.5) is 5.69 Å². The average molecular weight is 309 g/mol. The minimum absolute atomic E-state index is 0.00137. The summed E-state index contributed by atoms with van der Waals surface area (Å²) in [6.45, 7) is 2.53. The van der Waals surface area contributed by atoms with Gasteiger partial charge in [-0.3, -0.25) is 4.79 Å². The number of fused-ring (bicyclic) bond motifs is 1. The van der Waals surface area contributed by atoms with Gasteiger partial charge < -0.3 is 10.2 Å². The number of benzene rings is 1. The molecule has 1 aromatic rings. The van der Waals surface area contributed by atoms with E-state index in [1.807, 2.05) is 0 Å². The smallest absolute Gasteiger partial charge is 0.243 e. The van der Waals surface area contributed by atoms with Crippen LogP contribution in [-0.4, -0.2) is 51.9 Å². The zero-order valence-corrected chi connectivity index (χ0v) is 12.8. The summed E-state index contributed by atoms with van der Waals surface area (Å²) in [5, 5.41) is 3.20. The van der Waals surface area contributed by atoms with Crippen molar-refractivity contribution in [3.8, 4) is 0 Å². The van der Waals surface area contributed by atoms with Crippen molar-refractivity contribution in [2.75, 3.05) is 38.1 Å². The van der Waals surface area contributed by atoms with Gasteiger partial charge in [-0.15, -0.1) is 0 Å². The Hall–Kier alpha value is -1.44. The molecular weight excluding hydrogens is 290 g/mol. The fourth-order valence-electron chi connectivity index (χ4n) is 2.82. The summed E-state index contributed by atoms with van der Waals surface area (Å²) in [7, 11) is -1.77. The maximum absolute atomic E-state index is 12.7. The molecule has 0 bridgehead atoms. The molecular formula is C14H19N3O3S. The van der Waals surface area contributed by atoms with Crippen LogP contribution in [0.15, 0.2) is 23.1 Å². The first-order valence-electron chi connectivity index (χ1n) is 7.10. The Morgan fingerprint density at radius 1 is 1.19 bits per heavy atom. The average Bonchev–Trinajstić information content (AvgIpc) is 2.67. The Morgan fingerprint density at radius 2 is 2.00 bits per heavy atom. The quantitative estimate of drug-likeness (QED) is 0.847. The number of nitrogens with one attached hydrogen (secondary N) is 1. The number of carbonyl (C=O) groups excluding carboxylic acids is 1. The molecule has 1 fully saturated rings. The molecule has 114 valence electrons. The molecule has 0 unspecified atom stereocenters. The number of hydrogen-bond acceptors (Lipinski definition) is 4. The number of likely N-dealkylation sites (N-methyl/N-ethyl adjacent to an activating group) is 1. The van der Waals surface area contributed by atoms with Gasteiger partial charge >= 0.3 is 0 Å². The molecule has 1 N–H and O–H groups in total. The summed E-state index contributed by atoms with van der Waals surface area (Å²) in [4.78, 5) is 13.6. The van der Waals surface area contributed by atoms with E-state index in [1.54, 1.807) is 30.1 Å². The lowest BCUT2D eigenvalue weighted by atomic mass is 10.2. The highest BCUT2D eigenvalue weighted by Crippen LogP contribution is 2.30. The zero-order valence-electron chi connectivity index (χ0n) is 12.0. The fourth-order valence-corrected chi connectivity index (χ4v) is 4.35. The van der Waals surface area contributed by atoms with Crippen LogP contribution in [0, 0.1) is 0 Å². The van der Waals surface area contributed by atoms with E-state index in [-0.39, 0.29) is 17.2 Å². The molecule has 0 saturated carbocycles. The molecule has 1 amide bonds. The number of amides is 1. The Kier molecular flexibility index (Phi) is 3.73. The van der Waals surface area contributed by atoms with E-state index in [9.17, 15) is 13.2 Å². The van der Waals surface area contributed by atoms with Gasteiger partial charge in [-0.1, -0.05) is 0 Å². The van der Waals surface area contributed by atoms with Gasteiger partial charge in [0.25, 0.3) is 0 Å². The number of anilines is 1. The molecule has 6 nitrogen and oxygen atoms in total. The number of sulfonamides is 1.